The van der Waals surface area contributed by atoms with Crippen LogP contribution in [0.1, 0.15) is 51.3 Å². The van der Waals surface area contributed by atoms with Crippen molar-refractivity contribution in [2.45, 2.75) is 58.5 Å². The van der Waals surface area contributed by atoms with E-state index in [1.54, 1.807) is 0 Å². The van der Waals surface area contributed by atoms with Crippen LogP contribution in [0.5, 0.6) is 0 Å². The Morgan fingerprint density at radius 1 is 1.35 bits per heavy atom. The number of aryl methyl sites for hydroxylation is 1. The molecule has 1 aromatic rings. The number of anilines is 2. The number of aromatic nitrogens is 2. The summed E-state index contributed by atoms with van der Waals surface area (Å²) in [7, 11) is 2.15. The van der Waals surface area contributed by atoms with E-state index in [-0.39, 0.29) is 0 Å². The first-order chi connectivity index (χ1) is 8.02. The highest BCUT2D eigenvalue weighted by Gasteiger charge is 2.25. The molecule has 2 N–H and O–H groups in total. The van der Waals surface area contributed by atoms with Gasteiger partial charge in [-0.2, -0.15) is 5.10 Å². The van der Waals surface area contributed by atoms with Crippen molar-refractivity contribution < 1.29 is 0 Å². The first-order valence-corrected chi connectivity index (χ1v) is 6.59. The monoisotopic (exact) mass is 236 g/mol. The predicted octanol–water partition coefficient (Wildman–Crippen LogP) is 2.73. The summed E-state index contributed by atoms with van der Waals surface area (Å²) in [4.78, 5) is 2.34. The van der Waals surface area contributed by atoms with Gasteiger partial charge in [-0.05, 0) is 33.6 Å². The Kier molecular flexibility index (Phi) is 3.31. The van der Waals surface area contributed by atoms with E-state index in [1.165, 1.54) is 25.7 Å². The lowest BCUT2D eigenvalue weighted by atomic mass is 10.2. The molecule has 0 spiro atoms. The number of nitrogens with two attached hydrogens (primary N) is 1. The topological polar surface area (TPSA) is 47.1 Å². The summed E-state index contributed by atoms with van der Waals surface area (Å²) < 4.78 is 2.06. The van der Waals surface area contributed by atoms with Crippen molar-refractivity contribution in [3.63, 3.8) is 0 Å². The van der Waals surface area contributed by atoms with E-state index in [1.807, 2.05) is 6.92 Å². The lowest BCUT2D eigenvalue weighted by Gasteiger charge is -2.28. The van der Waals surface area contributed by atoms with Gasteiger partial charge in [0.25, 0.3) is 0 Å². The number of rotatable bonds is 3. The average Bonchev–Trinajstić information content (AvgIpc) is 2.88. The van der Waals surface area contributed by atoms with Gasteiger partial charge in [-0.15, -0.1) is 0 Å². The van der Waals surface area contributed by atoms with Crippen LogP contribution in [-0.2, 0) is 0 Å². The molecule has 0 saturated heterocycles. The van der Waals surface area contributed by atoms with Gasteiger partial charge in [-0.3, -0.25) is 0 Å². The highest BCUT2D eigenvalue weighted by molar-refractivity contribution is 5.66. The molecule has 96 valence electrons. The second-order valence-corrected chi connectivity index (χ2v) is 5.41. The van der Waals surface area contributed by atoms with Crippen LogP contribution in [0.3, 0.4) is 0 Å². The summed E-state index contributed by atoms with van der Waals surface area (Å²) >= 11 is 0. The van der Waals surface area contributed by atoms with Crippen molar-refractivity contribution in [1.29, 1.82) is 0 Å². The molecular weight excluding hydrogens is 212 g/mol. The van der Waals surface area contributed by atoms with Crippen LogP contribution in [-0.4, -0.2) is 22.9 Å². The molecule has 0 radical (unpaired) electrons. The Bertz CT molecular complexity index is 388. The van der Waals surface area contributed by atoms with E-state index in [4.69, 9.17) is 5.73 Å². The second kappa shape index (κ2) is 4.59. The summed E-state index contributed by atoms with van der Waals surface area (Å²) in [5, 5.41) is 4.55. The molecule has 1 heterocycles. The lowest BCUT2D eigenvalue weighted by molar-refractivity contribution is 0.513. The van der Waals surface area contributed by atoms with E-state index >= 15 is 0 Å². The summed E-state index contributed by atoms with van der Waals surface area (Å²) in [6.07, 6.45) is 5.23. The normalized spacial score (nSPS) is 17.0. The van der Waals surface area contributed by atoms with Crippen LogP contribution in [0.4, 0.5) is 11.5 Å². The molecule has 0 aromatic carbocycles. The Morgan fingerprint density at radius 2 is 1.94 bits per heavy atom. The van der Waals surface area contributed by atoms with Gasteiger partial charge < -0.3 is 10.6 Å². The third-order valence-corrected chi connectivity index (χ3v) is 3.80. The highest BCUT2D eigenvalue weighted by atomic mass is 15.4. The van der Waals surface area contributed by atoms with Crippen LogP contribution in [0.2, 0.25) is 0 Å². The molecule has 0 bridgehead atoms. The van der Waals surface area contributed by atoms with E-state index in [0.29, 0.717) is 12.1 Å². The first-order valence-electron chi connectivity index (χ1n) is 6.59. The largest absolute Gasteiger partial charge is 0.394 e. The molecular formula is C13H24N4. The molecule has 2 rings (SSSR count). The Hall–Kier alpha value is -1.19. The van der Waals surface area contributed by atoms with Crippen molar-refractivity contribution in [2.24, 2.45) is 0 Å². The van der Waals surface area contributed by atoms with E-state index in [2.05, 4.69) is 35.6 Å². The zero-order chi connectivity index (χ0) is 12.6. The molecule has 1 aromatic heterocycles. The van der Waals surface area contributed by atoms with Gasteiger partial charge in [0.1, 0.15) is 0 Å². The van der Waals surface area contributed by atoms with Crippen molar-refractivity contribution in [3.8, 4) is 0 Å². The molecule has 1 aliphatic rings. The smallest absolute Gasteiger partial charge is 0.150 e. The SMILES string of the molecule is Cc1nn(C(C)C)c(N(C)C2CCCC2)c1N. The molecule has 1 aliphatic carbocycles. The molecule has 0 atom stereocenters. The van der Waals surface area contributed by atoms with Crippen molar-refractivity contribution in [2.75, 3.05) is 17.7 Å². The van der Waals surface area contributed by atoms with Crippen LogP contribution in [0, 0.1) is 6.92 Å². The third-order valence-electron chi connectivity index (χ3n) is 3.80. The third kappa shape index (κ3) is 2.13. The van der Waals surface area contributed by atoms with Gasteiger partial charge >= 0.3 is 0 Å². The maximum atomic E-state index is 6.18. The van der Waals surface area contributed by atoms with E-state index < -0.39 is 0 Å². The molecule has 1 saturated carbocycles. The van der Waals surface area contributed by atoms with Crippen LogP contribution < -0.4 is 10.6 Å². The fourth-order valence-electron chi connectivity index (χ4n) is 2.72. The molecule has 17 heavy (non-hydrogen) atoms. The molecule has 4 heteroatoms. The number of nitrogens with zero attached hydrogens (tertiary/aromatic N) is 3. The summed E-state index contributed by atoms with van der Waals surface area (Å²) in [6, 6.07) is 0.982. The predicted molar refractivity (Wildman–Crippen MR) is 72.4 cm³/mol. The fraction of sp³-hybridized carbons (Fsp3) is 0.769. The minimum atomic E-state index is 0.352. The summed E-state index contributed by atoms with van der Waals surface area (Å²) in [6.45, 7) is 6.29. The Morgan fingerprint density at radius 3 is 2.47 bits per heavy atom. The van der Waals surface area contributed by atoms with Crippen LogP contribution >= 0.6 is 0 Å². The molecule has 4 nitrogen and oxygen atoms in total. The van der Waals surface area contributed by atoms with Crippen LogP contribution in [0.15, 0.2) is 0 Å². The summed E-state index contributed by atoms with van der Waals surface area (Å²) in [5.74, 6) is 1.10. The second-order valence-electron chi connectivity index (χ2n) is 5.41. The maximum Gasteiger partial charge on any atom is 0.150 e. The number of hydrogen-bond donors (Lipinski definition) is 1. The van der Waals surface area contributed by atoms with Crippen molar-refractivity contribution in [3.05, 3.63) is 5.69 Å². The first kappa shape index (κ1) is 12.3. The quantitative estimate of drug-likeness (QED) is 0.877. The average molecular weight is 236 g/mol. The van der Waals surface area contributed by atoms with Gasteiger partial charge in [-0.1, -0.05) is 12.8 Å². The van der Waals surface area contributed by atoms with Gasteiger partial charge in [0, 0.05) is 19.1 Å². The van der Waals surface area contributed by atoms with Crippen molar-refractivity contribution >= 4 is 11.5 Å². The maximum absolute atomic E-state index is 6.18. The van der Waals surface area contributed by atoms with Gasteiger partial charge in [0.2, 0.25) is 0 Å². The fourth-order valence-corrected chi connectivity index (χ4v) is 2.72. The number of hydrogen-bond acceptors (Lipinski definition) is 3. The van der Waals surface area contributed by atoms with Gasteiger partial charge in [0.05, 0.1) is 11.4 Å². The molecule has 1 fully saturated rings. The summed E-state index contributed by atoms with van der Waals surface area (Å²) in [5.41, 5.74) is 7.97. The zero-order valence-electron chi connectivity index (χ0n) is 11.4. The Labute approximate surface area is 104 Å². The van der Waals surface area contributed by atoms with Gasteiger partial charge in [0.15, 0.2) is 5.82 Å². The number of nitrogen functional groups attached to an aromatic ring is 1. The lowest BCUT2D eigenvalue weighted by Crippen LogP contribution is -2.31. The van der Waals surface area contributed by atoms with Crippen LogP contribution in [0.25, 0.3) is 0 Å². The van der Waals surface area contributed by atoms with E-state index in [9.17, 15) is 0 Å². The van der Waals surface area contributed by atoms with Gasteiger partial charge in [-0.25, -0.2) is 4.68 Å². The van der Waals surface area contributed by atoms with Crippen molar-refractivity contribution in [1.82, 2.24) is 9.78 Å². The minimum absolute atomic E-state index is 0.352. The minimum Gasteiger partial charge on any atom is -0.394 e. The zero-order valence-corrected chi connectivity index (χ0v) is 11.4. The molecule has 0 aliphatic heterocycles. The standard InChI is InChI=1S/C13H24N4/c1-9(2)17-13(12(14)10(3)15-17)16(4)11-7-5-6-8-11/h9,11H,5-8,14H2,1-4H3. The highest BCUT2D eigenvalue weighted by Crippen LogP contribution is 2.33. The Balaban J connectivity index is 2.35. The van der Waals surface area contributed by atoms with E-state index in [0.717, 1.165) is 17.2 Å². The molecule has 0 unspecified atom stereocenters. The molecule has 0 amide bonds.